The zero-order valence-electron chi connectivity index (χ0n) is 20.2. The smallest absolute Gasteiger partial charge is 0.338 e. The lowest BCUT2D eigenvalue weighted by Gasteiger charge is -2.31. The second-order valence-corrected chi connectivity index (χ2v) is 8.69. The van der Waals surface area contributed by atoms with Crippen LogP contribution in [0, 0.1) is 0 Å². The van der Waals surface area contributed by atoms with Crippen LogP contribution in [0.15, 0.2) is 40.7 Å². The van der Waals surface area contributed by atoms with Crippen LogP contribution in [0.25, 0.3) is 0 Å². The number of ether oxygens (including phenoxy) is 4. The van der Waals surface area contributed by atoms with E-state index in [4.69, 9.17) is 42.1 Å². The van der Waals surface area contributed by atoms with E-state index in [2.05, 4.69) is 5.32 Å². The van der Waals surface area contributed by atoms with Gasteiger partial charge < -0.3 is 24.3 Å². The third kappa shape index (κ3) is 7.47. The number of hydrogen-bond donors (Lipinski definition) is 1. The van der Waals surface area contributed by atoms with E-state index in [-0.39, 0.29) is 29.8 Å². The monoisotopic (exact) mass is 513 g/mol. The summed E-state index contributed by atoms with van der Waals surface area (Å²) in [5, 5.41) is 3.64. The predicted molar refractivity (Wildman–Crippen MR) is 131 cm³/mol. The van der Waals surface area contributed by atoms with Crippen molar-refractivity contribution in [2.24, 2.45) is 0 Å². The highest BCUT2D eigenvalue weighted by Crippen LogP contribution is 2.43. The molecule has 0 atom stereocenters. The summed E-state index contributed by atoms with van der Waals surface area (Å²) in [4.78, 5) is 26.3. The van der Waals surface area contributed by atoms with Gasteiger partial charge in [-0.3, -0.25) is 0 Å². The van der Waals surface area contributed by atoms with Gasteiger partial charge >= 0.3 is 11.9 Å². The van der Waals surface area contributed by atoms with Crippen LogP contribution in [0.5, 0.6) is 0 Å². The van der Waals surface area contributed by atoms with Gasteiger partial charge in [0.15, 0.2) is 13.6 Å². The number of hydrogen-bond acceptors (Lipinski definition) is 7. The van der Waals surface area contributed by atoms with E-state index < -0.39 is 17.9 Å². The number of unbranched alkanes of at least 4 members (excludes halogenated alkanes) is 2. The van der Waals surface area contributed by atoms with Gasteiger partial charge in [0, 0.05) is 11.4 Å². The number of carbonyl (C=O) groups is 2. The summed E-state index contributed by atoms with van der Waals surface area (Å²) in [5.41, 5.74) is 2.02. The zero-order chi connectivity index (χ0) is 25.1. The molecule has 0 aliphatic carbocycles. The highest BCUT2D eigenvalue weighted by molar-refractivity contribution is 6.42. The normalized spacial score (nSPS) is 14.3. The summed E-state index contributed by atoms with van der Waals surface area (Å²) in [6.07, 6.45) is 3.66. The molecule has 34 heavy (non-hydrogen) atoms. The van der Waals surface area contributed by atoms with Crippen LogP contribution in [0.1, 0.15) is 64.9 Å². The number of allylic oxidation sites excluding steroid dienone is 2. The molecule has 1 heterocycles. The number of nitrogens with one attached hydrogen (secondary N) is 1. The number of halogens is 2. The predicted octanol–water partition coefficient (Wildman–Crippen LogP) is 5.86. The summed E-state index contributed by atoms with van der Waals surface area (Å²) in [5.74, 6) is -2.10. The first-order valence-corrected chi connectivity index (χ1v) is 12.2. The molecule has 0 bridgehead atoms. The van der Waals surface area contributed by atoms with Crippen LogP contribution < -0.4 is 5.32 Å². The summed E-state index contributed by atoms with van der Waals surface area (Å²) in [6.45, 7) is 8.13. The van der Waals surface area contributed by atoms with E-state index in [9.17, 15) is 9.59 Å². The minimum absolute atomic E-state index is 0.195. The fourth-order valence-corrected chi connectivity index (χ4v) is 3.96. The quantitative estimate of drug-likeness (QED) is 0.201. The highest BCUT2D eigenvalue weighted by Gasteiger charge is 2.39. The van der Waals surface area contributed by atoms with Crippen molar-refractivity contribution in [1.82, 2.24) is 5.32 Å². The van der Waals surface area contributed by atoms with E-state index in [0.717, 1.165) is 25.7 Å². The number of esters is 2. The molecule has 2 rings (SSSR count). The lowest BCUT2D eigenvalue weighted by Crippen LogP contribution is -2.33. The molecule has 0 radical (unpaired) electrons. The van der Waals surface area contributed by atoms with Gasteiger partial charge in [-0.25, -0.2) is 9.59 Å². The van der Waals surface area contributed by atoms with Gasteiger partial charge in [0.25, 0.3) is 0 Å². The van der Waals surface area contributed by atoms with Crippen LogP contribution in [0.4, 0.5) is 0 Å². The fourth-order valence-electron chi connectivity index (χ4n) is 3.55. The molecule has 1 aliphatic rings. The third-order valence-electron chi connectivity index (χ3n) is 5.32. The van der Waals surface area contributed by atoms with E-state index >= 15 is 0 Å². The third-order valence-corrected chi connectivity index (χ3v) is 6.16. The number of carbonyl (C=O) groups excluding carboxylic acids is 2. The summed E-state index contributed by atoms with van der Waals surface area (Å²) >= 11 is 12.8. The van der Waals surface area contributed by atoms with Gasteiger partial charge in [-0.1, -0.05) is 62.0 Å². The summed E-state index contributed by atoms with van der Waals surface area (Å²) < 4.78 is 21.5. The lowest BCUT2D eigenvalue weighted by atomic mass is 9.80. The minimum Gasteiger partial charge on any atom is -0.435 e. The Morgan fingerprint density at radius 1 is 0.882 bits per heavy atom. The van der Waals surface area contributed by atoms with Crippen LogP contribution in [0.3, 0.4) is 0 Å². The molecule has 0 saturated carbocycles. The molecule has 9 heteroatoms. The van der Waals surface area contributed by atoms with Crippen molar-refractivity contribution < 1.29 is 28.5 Å². The lowest BCUT2D eigenvalue weighted by molar-refractivity contribution is -0.152. The Hall–Kier alpha value is -2.06. The van der Waals surface area contributed by atoms with Crippen LogP contribution >= 0.6 is 23.2 Å². The molecule has 1 aromatic carbocycles. The Morgan fingerprint density at radius 3 is 1.85 bits per heavy atom. The summed E-state index contributed by atoms with van der Waals surface area (Å²) in [6, 6.07) is 5.07. The van der Waals surface area contributed by atoms with Crippen LogP contribution in [-0.2, 0) is 28.5 Å². The molecule has 1 aliphatic heterocycles. The molecule has 0 spiro atoms. The molecule has 0 amide bonds. The topological polar surface area (TPSA) is 83.1 Å². The standard InChI is InChI=1S/C25H33Cl2NO6/c1-5-7-12-31-14-33-24(29)20-16(3)28-17(4)21(25(30)34-15-32-13-8-6-2)22(20)18-10-9-11-19(26)23(18)27/h9-11,22,28H,5-8,12-15H2,1-4H3. The van der Waals surface area contributed by atoms with E-state index in [0.29, 0.717) is 35.2 Å². The Morgan fingerprint density at radius 2 is 1.38 bits per heavy atom. The molecular formula is C25H33Cl2NO6. The van der Waals surface area contributed by atoms with Crippen molar-refractivity contribution in [3.05, 3.63) is 56.3 Å². The van der Waals surface area contributed by atoms with Gasteiger partial charge in [-0.2, -0.15) is 0 Å². The van der Waals surface area contributed by atoms with Crippen molar-refractivity contribution in [3.63, 3.8) is 0 Å². The number of benzene rings is 1. The Bertz CT molecular complexity index is 880. The largest absolute Gasteiger partial charge is 0.435 e. The zero-order valence-corrected chi connectivity index (χ0v) is 21.7. The van der Waals surface area contributed by atoms with Crippen molar-refractivity contribution in [3.8, 4) is 0 Å². The fraction of sp³-hybridized carbons (Fsp3) is 0.520. The second-order valence-electron chi connectivity index (χ2n) is 7.90. The number of dihydropyridines is 1. The molecular weight excluding hydrogens is 481 g/mol. The van der Waals surface area contributed by atoms with E-state index in [1.54, 1.807) is 32.0 Å². The molecule has 188 valence electrons. The van der Waals surface area contributed by atoms with Crippen molar-refractivity contribution in [2.45, 2.75) is 59.3 Å². The maximum atomic E-state index is 13.2. The first-order chi connectivity index (χ1) is 16.3. The molecule has 0 fully saturated rings. The maximum absolute atomic E-state index is 13.2. The molecule has 0 unspecified atom stereocenters. The SMILES string of the molecule is CCCCOCOC(=O)C1=C(C)NC(C)=C(C(=O)OCOCCCC)C1c1cccc(Cl)c1Cl. The highest BCUT2D eigenvalue weighted by atomic mass is 35.5. The Labute approximate surface area is 211 Å². The average Bonchev–Trinajstić information content (AvgIpc) is 2.80. The molecule has 0 saturated heterocycles. The van der Waals surface area contributed by atoms with Gasteiger partial charge in [0.2, 0.25) is 0 Å². The Kier molecular flexibility index (Phi) is 11.9. The van der Waals surface area contributed by atoms with Gasteiger partial charge in [0.05, 0.1) is 40.3 Å². The van der Waals surface area contributed by atoms with Gasteiger partial charge in [0.1, 0.15) is 0 Å². The van der Waals surface area contributed by atoms with Gasteiger partial charge in [-0.15, -0.1) is 0 Å². The molecule has 0 aromatic heterocycles. The van der Waals surface area contributed by atoms with E-state index in [1.807, 2.05) is 13.8 Å². The van der Waals surface area contributed by atoms with Crippen LogP contribution in [-0.4, -0.2) is 38.7 Å². The van der Waals surface area contributed by atoms with Crippen molar-refractivity contribution in [2.75, 3.05) is 26.8 Å². The molecule has 1 N–H and O–H groups in total. The van der Waals surface area contributed by atoms with E-state index in [1.165, 1.54) is 0 Å². The molecule has 1 aromatic rings. The maximum Gasteiger partial charge on any atom is 0.338 e. The van der Waals surface area contributed by atoms with Crippen molar-refractivity contribution >= 4 is 35.1 Å². The Balaban J connectivity index is 2.36. The average molecular weight is 514 g/mol. The minimum atomic E-state index is -0.848. The first-order valence-electron chi connectivity index (χ1n) is 11.5. The first kappa shape index (κ1) is 28.2. The summed E-state index contributed by atoms with van der Waals surface area (Å²) in [7, 11) is 0. The second kappa shape index (κ2) is 14.4. The van der Waals surface area contributed by atoms with Crippen molar-refractivity contribution in [1.29, 1.82) is 0 Å². The van der Waals surface area contributed by atoms with Gasteiger partial charge in [-0.05, 0) is 38.3 Å². The number of rotatable bonds is 13. The van der Waals surface area contributed by atoms with Crippen LogP contribution in [0.2, 0.25) is 10.0 Å². The molecule has 7 nitrogen and oxygen atoms in total.